The average Bonchev–Trinajstić information content (AvgIpc) is 2.78. The molecule has 0 aliphatic carbocycles. The summed E-state index contributed by atoms with van der Waals surface area (Å²) in [4.78, 5) is 25.1. The molecule has 0 aromatic heterocycles. The van der Waals surface area contributed by atoms with Gasteiger partial charge in [-0.3, -0.25) is 9.59 Å². The first-order valence-electron chi connectivity index (χ1n) is 4.99. The molecule has 0 spiro atoms. The van der Waals surface area contributed by atoms with Gasteiger partial charge in [0.15, 0.2) is 5.78 Å². The van der Waals surface area contributed by atoms with E-state index < -0.39 is 5.97 Å². The molecule has 0 atom stereocenters. The number of piperidine rings is 1. The maximum absolute atomic E-state index is 11.9. The second-order valence-corrected chi connectivity index (χ2v) is 4.23. The number of ether oxygens (including phenoxy) is 1. The fourth-order valence-electron chi connectivity index (χ4n) is 2.48. The van der Waals surface area contributed by atoms with Crippen LogP contribution in [0.1, 0.15) is 19.3 Å². The third-order valence-corrected chi connectivity index (χ3v) is 3.46. The van der Waals surface area contributed by atoms with E-state index >= 15 is 0 Å². The van der Waals surface area contributed by atoms with Crippen molar-refractivity contribution in [3.8, 4) is 0 Å². The molecule has 4 heteroatoms. The molecule has 4 nitrogen and oxygen atoms in total. The Morgan fingerprint density at radius 3 is 2.43 bits per heavy atom. The number of nitrogens with zero attached hydrogens (tertiary/aromatic N) is 1. The van der Waals surface area contributed by atoms with Gasteiger partial charge in [-0.25, -0.2) is 0 Å². The van der Waals surface area contributed by atoms with Gasteiger partial charge in [0, 0.05) is 12.0 Å². The van der Waals surface area contributed by atoms with E-state index in [1.54, 1.807) is 0 Å². The van der Waals surface area contributed by atoms with Crippen molar-refractivity contribution in [2.75, 3.05) is 26.7 Å². The molecule has 0 saturated carbocycles. The molecule has 0 N–H and O–H groups in total. The Bertz CT molecular complexity index is 267. The van der Waals surface area contributed by atoms with Crippen LogP contribution in [0.5, 0.6) is 0 Å². The van der Waals surface area contributed by atoms with Crippen LogP contribution in [0.25, 0.3) is 0 Å². The van der Waals surface area contributed by atoms with E-state index in [1.807, 2.05) is 0 Å². The lowest BCUT2D eigenvalue weighted by atomic mass is 9.79. The van der Waals surface area contributed by atoms with Crippen molar-refractivity contribution in [2.24, 2.45) is 5.41 Å². The summed E-state index contributed by atoms with van der Waals surface area (Å²) in [6, 6.07) is 0. The molecule has 78 valence electrons. The van der Waals surface area contributed by atoms with Gasteiger partial charge < -0.3 is 9.64 Å². The number of Topliss-reactive ketones (excluding diaryl/α,β-unsaturated/α-hetero) is 1. The van der Waals surface area contributed by atoms with Crippen LogP contribution in [0.3, 0.4) is 0 Å². The molecule has 2 saturated heterocycles. The number of hydrogen-bond acceptors (Lipinski definition) is 4. The largest absolute Gasteiger partial charge is 0.469 e. The second kappa shape index (κ2) is 3.35. The van der Waals surface area contributed by atoms with Crippen LogP contribution in [0.15, 0.2) is 0 Å². The molecular formula is C10H15NO3. The average molecular weight is 197 g/mol. The standard InChI is InChI=1S/C10H15NO3/c1-14-9(13)6-8(12)10-2-4-11(7-10)5-3-10/h2-7H2,1H3. The third kappa shape index (κ3) is 1.43. The zero-order valence-electron chi connectivity index (χ0n) is 8.41. The van der Waals surface area contributed by atoms with Gasteiger partial charge in [0.2, 0.25) is 0 Å². The SMILES string of the molecule is COC(=O)CC(=O)C12CCN(CC1)C2. The van der Waals surface area contributed by atoms with Crippen LogP contribution in [0.2, 0.25) is 0 Å². The maximum Gasteiger partial charge on any atom is 0.313 e. The number of ketones is 1. The van der Waals surface area contributed by atoms with Gasteiger partial charge in [0.25, 0.3) is 0 Å². The number of hydrogen-bond donors (Lipinski definition) is 0. The van der Waals surface area contributed by atoms with E-state index in [9.17, 15) is 9.59 Å². The van der Waals surface area contributed by atoms with Crippen LogP contribution in [-0.4, -0.2) is 43.4 Å². The monoisotopic (exact) mass is 197 g/mol. The number of carbonyl (C=O) groups is 2. The summed E-state index contributed by atoms with van der Waals surface area (Å²) in [5.41, 5.74) is -0.214. The zero-order chi connectivity index (χ0) is 10.2. The molecule has 2 bridgehead atoms. The van der Waals surface area contributed by atoms with Gasteiger partial charge in [0.1, 0.15) is 6.42 Å². The molecule has 2 aliphatic heterocycles. The van der Waals surface area contributed by atoms with Gasteiger partial charge in [-0.2, -0.15) is 0 Å². The highest BCUT2D eigenvalue weighted by molar-refractivity contribution is 5.99. The van der Waals surface area contributed by atoms with E-state index in [4.69, 9.17) is 0 Å². The van der Waals surface area contributed by atoms with Crippen LogP contribution in [0, 0.1) is 5.41 Å². The summed E-state index contributed by atoms with van der Waals surface area (Å²) in [6.45, 7) is 2.86. The van der Waals surface area contributed by atoms with E-state index in [-0.39, 0.29) is 17.6 Å². The highest BCUT2D eigenvalue weighted by Gasteiger charge is 2.48. The predicted molar refractivity (Wildman–Crippen MR) is 49.7 cm³/mol. The second-order valence-electron chi connectivity index (χ2n) is 4.23. The Balaban J connectivity index is 2.00. The summed E-state index contributed by atoms with van der Waals surface area (Å²) < 4.78 is 4.51. The number of carbonyl (C=O) groups excluding carboxylic acids is 2. The van der Waals surface area contributed by atoms with Crippen molar-refractivity contribution in [1.29, 1.82) is 0 Å². The Labute approximate surface area is 83.2 Å². The van der Waals surface area contributed by atoms with Crippen LogP contribution in [0.4, 0.5) is 0 Å². The minimum absolute atomic E-state index is 0.0513. The topological polar surface area (TPSA) is 46.6 Å². The summed E-state index contributed by atoms with van der Waals surface area (Å²) in [6.07, 6.45) is 1.79. The highest BCUT2D eigenvalue weighted by atomic mass is 16.5. The Morgan fingerprint density at radius 1 is 1.36 bits per heavy atom. The summed E-state index contributed by atoms with van der Waals surface area (Å²) >= 11 is 0. The van der Waals surface area contributed by atoms with Crippen molar-refractivity contribution < 1.29 is 14.3 Å². The number of fused-ring (bicyclic) bond motifs is 2. The first-order chi connectivity index (χ1) is 6.66. The molecular weight excluding hydrogens is 182 g/mol. The number of esters is 1. The molecule has 2 rings (SSSR count). The fourth-order valence-corrected chi connectivity index (χ4v) is 2.48. The smallest absolute Gasteiger partial charge is 0.313 e. The Hall–Kier alpha value is -0.900. The Morgan fingerprint density at radius 2 is 2.00 bits per heavy atom. The first-order valence-corrected chi connectivity index (χ1v) is 4.99. The molecule has 2 heterocycles. The van der Waals surface area contributed by atoms with Gasteiger partial charge in [0.05, 0.1) is 7.11 Å². The molecule has 0 unspecified atom stereocenters. The van der Waals surface area contributed by atoms with Crippen molar-refractivity contribution in [3.05, 3.63) is 0 Å². The molecule has 0 radical (unpaired) electrons. The van der Waals surface area contributed by atoms with E-state index in [0.717, 1.165) is 32.5 Å². The summed E-state index contributed by atoms with van der Waals surface area (Å²) in [5.74, 6) is -0.334. The lowest BCUT2D eigenvalue weighted by Gasteiger charge is -2.22. The van der Waals surface area contributed by atoms with Gasteiger partial charge in [-0.05, 0) is 25.9 Å². The molecule has 0 aromatic carbocycles. The van der Waals surface area contributed by atoms with Gasteiger partial charge in [-0.1, -0.05) is 0 Å². The normalized spacial score (nSPS) is 34.5. The third-order valence-electron chi connectivity index (χ3n) is 3.46. The van der Waals surface area contributed by atoms with Crippen LogP contribution >= 0.6 is 0 Å². The lowest BCUT2D eigenvalue weighted by Crippen LogP contribution is -2.31. The van der Waals surface area contributed by atoms with Gasteiger partial charge in [-0.15, -0.1) is 0 Å². The molecule has 0 aromatic rings. The molecule has 2 fully saturated rings. The first kappa shape index (κ1) is 9.65. The summed E-state index contributed by atoms with van der Waals surface area (Å²) in [5, 5.41) is 0. The molecule has 14 heavy (non-hydrogen) atoms. The number of rotatable bonds is 3. The quantitative estimate of drug-likeness (QED) is 0.479. The predicted octanol–water partition coefficient (Wildman–Crippen LogP) is 0.214. The highest BCUT2D eigenvalue weighted by Crippen LogP contribution is 2.41. The van der Waals surface area contributed by atoms with Crippen molar-refractivity contribution in [1.82, 2.24) is 4.90 Å². The number of methoxy groups -OCH3 is 1. The minimum atomic E-state index is -0.408. The lowest BCUT2D eigenvalue weighted by molar-refractivity contribution is -0.145. The summed E-state index contributed by atoms with van der Waals surface area (Å²) in [7, 11) is 1.32. The minimum Gasteiger partial charge on any atom is -0.469 e. The van der Waals surface area contributed by atoms with E-state index in [2.05, 4.69) is 9.64 Å². The van der Waals surface area contributed by atoms with Crippen molar-refractivity contribution >= 4 is 11.8 Å². The molecule has 2 aliphatic rings. The van der Waals surface area contributed by atoms with E-state index in [1.165, 1.54) is 7.11 Å². The van der Waals surface area contributed by atoms with Gasteiger partial charge >= 0.3 is 5.97 Å². The Kier molecular flexibility index (Phi) is 2.31. The maximum atomic E-state index is 11.9. The fraction of sp³-hybridized carbons (Fsp3) is 0.800. The van der Waals surface area contributed by atoms with Crippen molar-refractivity contribution in [2.45, 2.75) is 19.3 Å². The zero-order valence-corrected chi connectivity index (χ0v) is 8.41. The van der Waals surface area contributed by atoms with Crippen molar-refractivity contribution in [3.63, 3.8) is 0 Å². The molecule has 0 amide bonds. The van der Waals surface area contributed by atoms with Crippen LogP contribution in [-0.2, 0) is 14.3 Å². The van der Waals surface area contributed by atoms with Crippen LogP contribution < -0.4 is 0 Å². The van der Waals surface area contributed by atoms with E-state index in [0.29, 0.717) is 0 Å².